The Kier molecular flexibility index (Phi) is 8.80. The van der Waals surface area contributed by atoms with Gasteiger partial charge in [0.05, 0.1) is 12.6 Å². The molecule has 3 fully saturated rings. The third-order valence-corrected chi connectivity index (χ3v) is 8.25. The van der Waals surface area contributed by atoms with Gasteiger partial charge in [-0.2, -0.15) is 8.42 Å². The standard InChI is InChI=1S/C22H37N3O8S/c1-12(2)7-17(25-22(29)33-11-16-9-13-3-4-14(16)8-13)20(27)24-18(21(28)34(30,31)32)10-15-5-6-23-19(15)26/h12-18,21,28H,3-11H2,1-2H3,(H,23,26)(H,24,27)(H,25,29)(H,30,31,32)/t13-,14+,15-,16+,17-,18-,21-/m0/s1. The molecular formula is C22H37N3O8S. The van der Waals surface area contributed by atoms with Gasteiger partial charge in [-0.05, 0) is 62.2 Å². The predicted molar refractivity (Wildman–Crippen MR) is 122 cm³/mol. The van der Waals surface area contributed by atoms with Crippen molar-refractivity contribution in [1.82, 2.24) is 16.0 Å². The minimum atomic E-state index is -4.90. The maximum Gasteiger partial charge on any atom is 0.407 e. The van der Waals surface area contributed by atoms with Gasteiger partial charge in [0.15, 0.2) is 0 Å². The van der Waals surface area contributed by atoms with Crippen molar-refractivity contribution >= 4 is 28.0 Å². The van der Waals surface area contributed by atoms with E-state index < -0.39 is 45.6 Å². The molecular weight excluding hydrogens is 466 g/mol. The first-order valence-corrected chi connectivity index (χ1v) is 13.6. The highest BCUT2D eigenvalue weighted by Crippen LogP contribution is 2.48. The molecule has 2 saturated carbocycles. The molecule has 0 radical (unpaired) electrons. The Hall–Kier alpha value is -1.92. The highest BCUT2D eigenvalue weighted by molar-refractivity contribution is 7.86. The van der Waals surface area contributed by atoms with E-state index in [2.05, 4.69) is 16.0 Å². The largest absolute Gasteiger partial charge is 0.449 e. The SMILES string of the molecule is CC(C)C[C@H](NC(=O)OC[C@H]1C[C@H]2CC[C@@H]1C2)C(=O)N[C@@H](C[C@@H]1CCNC1=O)[C@@H](O)S(=O)(=O)O. The van der Waals surface area contributed by atoms with Crippen LogP contribution >= 0.6 is 0 Å². The zero-order valence-electron chi connectivity index (χ0n) is 19.7. The van der Waals surface area contributed by atoms with Crippen molar-refractivity contribution in [2.24, 2.45) is 29.6 Å². The molecule has 0 aromatic carbocycles. The van der Waals surface area contributed by atoms with E-state index in [0.717, 1.165) is 12.8 Å². The molecule has 0 unspecified atom stereocenters. The maximum absolute atomic E-state index is 13.0. The number of hydrogen-bond donors (Lipinski definition) is 5. The van der Waals surface area contributed by atoms with Crippen molar-refractivity contribution < 1.29 is 37.2 Å². The predicted octanol–water partition coefficient (Wildman–Crippen LogP) is 0.781. The van der Waals surface area contributed by atoms with Crippen molar-refractivity contribution in [1.29, 1.82) is 0 Å². The lowest BCUT2D eigenvalue weighted by Crippen LogP contribution is -2.55. The normalized spacial score (nSPS) is 28.9. The van der Waals surface area contributed by atoms with Crippen LogP contribution in [0.2, 0.25) is 0 Å². The minimum absolute atomic E-state index is 0.00664. The molecule has 3 aliphatic rings. The van der Waals surface area contributed by atoms with Gasteiger partial charge in [0.1, 0.15) is 6.04 Å². The van der Waals surface area contributed by atoms with Crippen molar-refractivity contribution in [3.05, 3.63) is 0 Å². The first kappa shape index (κ1) is 26.7. The summed E-state index contributed by atoms with van der Waals surface area (Å²) in [5.41, 5.74) is -2.31. The summed E-state index contributed by atoms with van der Waals surface area (Å²) in [5, 5.41) is 17.7. The average molecular weight is 504 g/mol. The summed E-state index contributed by atoms with van der Waals surface area (Å²) in [6.45, 7) is 4.41. The second-order valence-corrected chi connectivity index (χ2v) is 11.9. The maximum atomic E-state index is 13.0. The summed E-state index contributed by atoms with van der Waals surface area (Å²) in [7, 11) is -4.90. The van der Waals surface area contributed by atoms with Crippen LogP contribution in [0.3, 0.4) is 0 Å². The van der Waals surface area contributed by atoms with E-state index in [9.17, 15) is 32.5 Å². The van der Waals surface area contributed by atoms with Gasteiger partial charge < -0.3 is 25.8 Å². The molecule has 3 rings (SSSR count). The first-order valence-electron chi connectivity index (χ1n) is 12.1. The Morgan fingerprint density at radius 2 is 1.91 bits per heavy atom. The van der Waals surface area contributed by atoms with E-state index in [4.69, 9.17) is 4.74 Å². The third kappa shape index (κ3) is 7.05. The van der Waals surface area contributed by atoms with Gasteiger partial charge >= 0.3 is 6.09 Å². The number of alkyl carbamates (subject to hydrolysis) is 1. The van der Waals surface area contributed by atoms with Crippen molar-refractivity contribution in [2.45, 2.75) is 76.3 Å². The van der Waals surface area contributed by atoms with Crippen molar-refractivity contribution in [2.75, 3.05) is 13.2 Å². The van der Waals surface area contributed by atoms with Crippen LogP contribution in [0.15, 0.2) is 0 Å². The highest BCUT2D eigenvalue weighted by atomic mass is 32.2. The molecule has 194 valence electrons. The topological polar surface area (TPSA) is 171 Å². The summed E-state index contributed by atoms with van der Waals surface area (Å²) in [4.78, 5) is 37.4. The quantitative estimate of drug-likeness (QED) is 0.257. The molecule has 2 bridgehead atoms. The van der Waals surface area contributed by atoms with Gasteiger partial charge in [-0.1, -0.05) is 20.3 Å². The lowest BCUT2D eigenvalue weighted by atomic mass is 9.90. The van der Waals surface area contributed by atoms with Crippen LogP contribution in [-0.4, -0.2) is 66.7 Å². The zero-order chi connectivity index (χ0) is 25.0. The average Bonchev–Trinajstić information content (AvgIpc) is 3.47. The zero-order valence-corrected chi connectivity index (χ0v) is 20.6. The molecule has 5 N–H and O–H groups in total. The molecule has 3 amide bonds. The molecule has 7 atom stereocenters. The van der Waals surface area contributed by atoms with Gasteiger partial charge in [-0.25, -0.2) is 4.79 Å². The van der Waals surface area contributed by atoms with Crippen LogP contribution in [0.5, 0.6) is 0 Å². The van der Waals surface area contributed by atoms with Crippen LogP contribution < -0.4 is 16.0 Å². The number of nitrogens with one attached hydrogen (secondary N) is 3. The van der Waals surface area contributed by atoms with Crippen LogP contribution in [0, 0.1) is 29.6 Å². The Balaban J connectivity index is 1.61. The molecule has 12 heteroatoms. The lowest BCUT2D eigenvalue weighted by Gasteiger charge is -2.27. The fraction of sp³-hybridized carbons (Fsp3) is 0.864. The van der Waals surface area contributed by atoms with Crippen molar-refractivity contribution in [3.8, 4) is 0 Å². The van der Waals surface area contributed by atoms with Gasteiger partial charge in [0, 0.05) is 12.5 Å². The molecule has 34 heavy (non-hydrogen) atoms. The number of ether oxygens (including phenoxy) is 1. The highest BCUT2D eigenvalue weighted by Gasteiger charge is 2.40. The third-order valence-electron chi connectivity index (χ3n) is 7.31. The van der Waals surface area contributed by atoms with Gasteiger partial charge in [-0.15, -0.1) is 0 Å². The summed E-state index contributed by atoms with van der Waals surface area (Å²) in [6, 6.07) is -2.47. The Morgan fingerprint density at radius 3 is 2.44 bits per heavy atom. The summed E-state index contributed by atoms with van der Waals surface area (Å²) in [6.07, 6.45) is 4.38. The molecule has 0 aromatic heterocycles. The molecule has 1 aliphatic heterocycles. The number of aliphatic hydroxyl groups excluding tert-OH is 1. The van der Waals surface area contributed by atoms with E-state index in [0.29, 0.717) is 37.3 Å². The van der Waals surface area contributed by atoms with Crippen LogP contribution in [0.25, 0.3) is 0 Å². The molecule has 2 aliphatic carbocycles. The van der Waals surface area contributed by atoms with E-state index in [-0.39, 0.29) is 24.7 Å². The van der Waals surface area contributed by atoms with Crippen LogP contribution in [-0.2, 0) is 24.4 Å². The van der Waals surface area contributed by atoms with E-state index in [1.54, 1.807) is 0 Å². The Morgan fingerprint density at radius 1 is 1.18 bits per heavy atom. The van der Waals surface area contributed by atoms with E-state index in [1.807, 2.05) is 13.8 Å². The fourth-order valence-electron chi connectivity index (χ4n) is 5.56. The number of hydrogen-bond acceptors (Lipinski definition) is 7. The van der Waals surface area contributed by atoms with Crippen LogP contribution in [0.1, 0.15) is 58.8 Å². The summed E-state index contributed by atoms with van der Waals surface area (Å²) >= 11 is 0. The summed E-state index contributed by atoms with van der Waals surface area (Å²) < 4.78 is 37.9. The van der Waals surface area contributed by atoms with Gasteiger partial charge in [0.25, 0.3) is 10.1 Å². The lowest BCUT2D eigenvalue weighted by molar-refractivity contribution is -0.126. The van der Waals surface area contributed by atoms with E-state index >= 15 is 0 Å². The number of fused-ring (bicyclic) bond motifs is 2. The summed E-state index contributed by atoms with van der Waals surface area (Å²) in [5.74, 6) is -0.0115. The monoisotopic (exact) mass is 503 g/mol. The van der Waals surface area contributed by atoms with Crippen LogP contribution in [0.4, 0.5) is 4.79 Å². The Bertz CT molecular complexity index is 864. The number of amides is 3. The number of carbonyl (C=O) groups excluding carboxylic acids is 3. The smallest absolute Gasteiger partial charge is 0.407 e. The molecule has 0 aromatic rings. The van der Waals surface area contributed by atoms with Gasteiger partial charge in [0.2, 0.25) is 17.3 Å². The number of aliphatic hydroxyl groups is 1. The second kappa shape index (κ2) is 11.2. The molecule has 0 spiro atoms. The molecule has 11 nitrogen and oxygen atoms in total. The first-order chi connectivity index (χ1) is 15.9. The second-order valence-electron chi connectivity index (χ2n) is 10.4. The van der Waals surface area contributed by atoms with E-state index in [1.165, 1.54) is 12.8 Å². The minimum Gasteiger partial charge on any atom is -0.449 e. The molecule has 1 heterocycles. The van der Waals surface area contributed by atoms with Crippen molar-refractivity contribution in [3.63, 3.8) is 0 Å². The molecule has 1 saturated heterocycles. The number of rotatable bonds is 11. The van der Waals surface area contributed by atoms with Gasteiger partial charge in [-0.3, -0.25) is 14.1 Å². The number of carbonyl (C=O) groups is 3. The Labute approximate surface area is 200 Å². The fourth-order valence-corrected chi connectivity index (χ4v) is 6.16.